The van der Waals surface area contributed by atoms with Gasteiger partial charge in [0, 0.05) is 6.54 Å². The van der Waals surface area contributed by atoms with E-state index in [4.69, 9.17) is 10.4 Å². The van der Waals surface area contributed by atoms with E-state index in [0.29, 0.717) is 0 Å². The Bertz CT molecular complexity index is 593. The van der Waals surface area contributed by atoms with E-state index in [9.17, 15) is 21.6 Å². The van der Waals surface area contributed by atoms with Crippen LogP contribution in [0.1, 0.15) is 5.56 Å². The summed E-state index contributed by atoms with van der Waals surface area (Å²) in [5.41, 5.74) is -0.198. The van der Waals surface area contributed by atoms with Crippen molar-refractivity contribution in [2.24, 2.45) is 0 Å². The highest BCUT2D eigenvalue weighted by Gasteiger charge is 2.38. The van der Waals surface area contributed by atoms with Crippen LogP contribution in [0, 0.1) is 11.3 Å². The number of nitrogens with one attached hydrogen (secondary N) is 1. The van der Waals surface area contributed by atoms with Crippen LogP contribution in [0.5, 0.6) is 0 Å². The largest absolute Gasteiger partial charge is 0.415 e. The van der Waals surface area contributed by atoms with Crippen LogP contribution in [0.4, 0.5) is 13.2 Å². The molecule has 1 aromatic carbocycles. The summed E-state index contributed by atoms with van der Waals surface area (Å²) in [7, 11) is -4.29. The molecule has 0 fully saturated rings. The Kier molecular flexibility index (Phi) is 4.52. The van der Waals surface area contributed by atoms with Crippen LogP contribution >= 0.6 is 0 Å². The molecule has 1 unspecified atom stereocenters. The van der Waals surface area contributed by atoms with Crippen LogP contribution in [-0.2, 0) is 10.0 Å². The SMILES string of the molecule is N#Cc1ccccc1S(=O)(=O)NCC(O)C(F)(F)F. The quantitative estimate of drug-likeness (QED) is 0.858. The molecule has 0 heterocycles. The minimum Gasteiger partial charge on any atom is -0.382 e. The maximum atomic E-state index is 12.0. The predicted molar refractivity (Wildman–Crippen MR) is 58.4 cm³/mol. The zero-order chi connectivity index (χ0) is 14.7. The molecule has 0 aliphatic carbocycles. The molecule has 19 heavy (non-hydrogen) atoms. The Morgan fingerprint density at radius 1 is 1.37 bits per heavy atom. The zero-order valence-electron chi connectivity index (χ0n) is 9.35. The molecule has 0 saturated carbocycles. The maximum absolute atomic E-state index is 12.0. The highest BCUT2D eigenvalue weighted by atomic mass is 32.2. The van der Waals surface area contributed by atoms with Crippen molar-refractivity contribution >= 4 is 10.0 Å². The van der Waals surface area contributed by atoms with E-state index < -0.39 is 33.7 Å². The van der Waals surface area contributed by atoms with Crippen molar-refractivity contribution in [2.45, 2.75) is 17.2 Å². The van der Waals surface area contributed by atoms with Gasteiger partial charge < -0.3 is 5.11 Å². The van der Waals surface area contributed by atoms with Crippen LogP contribution in [0.3, 0.4) is 0 Å². The zero-order valence-corrected chi connectivity index (χ0v) is 10.2. The number of nitriles is 1. The predicted octanol–water partition coefficient (Wildman–Crippen LogP) is 0.760. The molecular weight excluding hydrogens is 285 g/mol. The number of aliphatic hydroxyl groups excluding tert-OH is 1. The highest BCUT2D eigenvalue weighted by Crippen LogP contribution is 2.20. The summed E-state index contributed by atoms with van der Waals surface area (Å²) >= 11 is 0. The molecule has 5 nitrogen and oxygen atoms in total. The molecule has 0 amide bonds. The minimum atomic E-state index is -4.92. The summed E-state index contributed by atoms with van der Waals surface area (Å²) in [5.74, 6) is 0. The molecule has 0 bridgehead atoms. The lowest BCUT2D eigenvalue weighted by Gasteiger charge is -2.15. The van der Waals surface area contributed by atoms with Crippen molar-refractivity contribution in [3.8, 4) is 6.07 Å². The number of rotatable bonds is 4. The first-order valence-electron chi connectivity index (χ1n) is 4.92. The average molecular weight is 294 g/mol. The molecule has 2 N–H and O–H groups in total. The van der Waals surface area contributed by atoms with Gasteiger partial charge in [0.1, 0.15) is 6.07 Å². The van der Waals surface area contributed by atoms with Gasteiger partial charge in [-0.25, -0.2) is 13.1 Å². The van der Waals surface area contributed by atoms with Crippen molar-refractivity contribution in [2.75, 3.05) is 6.54 Å². The number of benzene rings is 1. The Balaban J connectivity index is 2.92. The molecule has 0 saturated heterocycles. The van der Waals surface area contributed by atoms with Crippen molar-refractivity contribution < 1.29 is 26.7 Å². The first-order valence-corrected chi connectivity index (χ1v) is 6.40. The molecule has 104 valence electrons. The van der Waals surface area contributed by atoms with Gasteiger partial charge >= 0.3 is 6.18 Å². The highest BCUT2D eigenvalue weighted by molar-refractivity contribution is 7.89. The van der Waals surface area contributed by atoms with E-state index in [1.54, 1.807) is 10.8 Å². The molecule has 0 aromatic heterocycles. The van der Waals surface area contributed by atoms with Crippen molar-refractivity contribution in [1.82, 2.24) is 4.72 Å². The molecule has 1 atom stereocenters. The summed E-state index contributed by atoms with van der Waals surface area (Å²) in [5, 5.41) is 17.4. The normalized spacial score (nSPS) is 13.8. The maximum Gasteiger partial charge on any atom is 0.415 e. The molecule has 9 heteroatoms. The van der Waals surface area contributed by atoms with Crippen LogP contribution in [-0.4, -0.2) is 32.3 Å². The van der Waals surface area contributed by atoms with Gasteiger partial charge in [0.15, 0.2) is 6.10 Å². The summed E-state index contributed by atoms with van der Waals surface area (Å²) in [6.45, 7) is -1.22. The first kappa shape index (κ1) is 15.4. The number of sulfonamides is 1. The van der Waals surface area contributed by atoms with Gasteiger partial charge in [0.2, 0.25) is 10.0 Å². The van der Waals surface area contributed by atoms with E-state index in [1.165, 1.54) is 18.2 Å². The molecule has 1 rings (SSSR count). The van der Waals surface area contributed by atoms with E-state index in [2.05, 4.69) is 0 Å². The van der Waals surface area contributed by atoms with Crippen LogP contribution in [0.15, 0.2) is 29.2 Å². The summed E-state index contributed by atoms with van der Waals surface area (Å²) in [6.07, 6.45) is -7.73. The number of hydrogen-bond acceptors (Lipinski definition) is 4. The topological polar surface area (TPSA) is 90.2 Å². The van der Waals surface area contributed by atoms with Crippen molar-refractivity contribution in [3.05, 3.63) is 29.8 Å². The van der Waals surface area contributed by atoms with Crippen LogP contribution in [0.25, 0.3) is 0 Å². The smallest absolute Gasteiger partial charge is 0.382 e. The van der Waals surface area contributed by atoms with Gasteiger partial charge in [-0.2, -0.15) is 18.4 Å². The Labute approximate surface area is 107 Å². The Hall–Kier alpha value is -1.63. The second-order valence-corrected chi connectivity index (χ2v) is 5.25. The second kappa shape index (κ2) is 5.56. The Morgan fingerprint density at radius 3 is 2.47 bits per heavy atom. The third kappa shape index (κ3) is 3.92. The lowest BCUT2D eigenvalue weighted by atomic mass is 10.2. The first-order chi connectivity index (χ1) is 8.68. The van der Waals surface area contributed by atoms with Gasteiger partial charge in [0.25, 0.3) is 0 Å². The number of halogens is 3. The van der Waals surface area contributed by atoms with Gasteiger partial charge in [0.05, 0.1) is 10.5 Å². The van der Waals surface area contributed by atoms with Gasteiger partial charge in [-0.05, 0) is 12.1 Å². The van der Waals surface area contributed by atoms with Crippen molar-refractivity contribution in [3.63, 3.8) is 0 Å². The standard InChI is InChI=1S/C10H9F3N2O3S/c11-10(12,13)9(16)6-15-19(17,18)8-4-2-1-3-7(8)5-14/h1-4,9,15-16H,6H2. The average Bonchev–Trinajstić information content (AvgIpc) is 2.34. The lowest BCUT2D eigenvalue weighted by molar-refractivity contribution is -0.200. The van der Waals surface area contributed by atoms with E-state index in [1.807, 2.05) is 0 Å². The fourth-order valence-electron chi connectivity index (χ4n) is 1.18. The van der Waals surface area contributed by atoms with Gasteiger partial charge in [-0.15, -0.1) is 0 Å². The third-order valence-corrected chi connectivity index (χ3v) is 3.62. The molecule has 1 aromatic rings. The Morgan fingerprint density at radius 2 is 1.95 bits per heavy atom. The van der Waals surface area contributed by atoms with E-state index in [0.717, 1.165) is 6.07 Å². The van der Waals surface area contributed by atoms with E-state index in [-0.39, 0.29) is 5.56 Å². The van der Waals surface area contributed by atoms with Crippen molar-refractivity contribution in [1.29, 1.82) is 5.26 Å². The second-order valence-electron chi connectivity index (χ2n) is 3.52. The van der Waals surface area contributed by atoms with Gasteiger partial charge in [-0.3, -0.25) is 0 Å². The van der Waals surface area contributed by atoms with Crippen LogP contribution in [0.2, 0.25) is 0 Å². The van der Waals surface area contributed by atoms with Crippen LogP contribution < -0.4 is 4.72 Å². The third-order valence-electron chi connectivity index (χ3n) is 2.14. The number of nitrogens with zero attached hydrogens (tertiary/aromatic N) is 1. The summed E-state index contributed by atoms with van der Waals surface area (Å²) in [4.78, 5) is -0.438. The molecular formula is C10H9F3N2O3S. The fourth-order valence-corrected chi connectivity index (χ4v) is 2.37. The molecule has 0 spiro atoms. The number of aliphatic hydroxyl groups is 1. The fraction of sp³-hybridized carbons (Fsp3) is 0.300. The monoisotopic (exact) mass is 294 g/mol. The summed E-state index contributed by atoms with van der Waals surface area (Å²) < 4.78 is 61.1. The van der Waals surface area contributed by atoms with E-state index >= 15 is 0 Å². The molecule has 0 aliphatic heterocycles. The molecule has 0 aliphatic rings. The minimum absolute atomic E-state index is 0.198. The van der Waals surface area contributed by atoms with Gasteiger partial charge in [-0.1, -0.05) is 12.1 Å². The summed E-state index contributed by atoms with van der Waals surface area (Å²) in [6, 6.07) is 6.66. The molecule has 0 radical (unpaired) electrons. The number of alkyl halides is 3. The number of hydrogen-bond donors (Lipinski definition) is 2. The lowest BCUT2D eigenvalue weighted by Crippen LogP contribution is -2.40.